The average Bonchev–Trinajstić information content (AvgIpc) is 2.99. The molecule has 0 spiro atoms. The van der Waals surface area contributed by atoms with E-state index in [1.807, 2.05) is 6.92 Å². The lowest BCUT2D eigenvalue weighted by atomic mass is 10.1. The lowest BCUT2D eigenvalue weighted by Crippen LogP contribution is -2.39. The Bertz CT molecular complexity index is 444. The monoisotopic (exact) mass is 277 g/mol. The van der Waals surface area contributed by atoms with Crippen LogP contribution < -0.4 is 10.2 Å². The number of hydrogen-bond acceptors (Lipinski definition) is 5. The molecule has 0 aliphatic carbocycles. The van der Waals surface area contributed by atoms with Gasteiger partial charge in [0, 0.05) is 25.3 Å². The summed E-state index contributed by atoms with van der Waals surface area (Å²) in [7, 11) is 0. The summed E-state index contributed by atoms with van der Waals surface area (Å²) in [6, 6.07) is 3.98. The number of aromatic nitrogens is 1. The minimum Gasteiger partial charge on any atom is -0.462 e. The Morgan fingerprint density at radius 3 is 3.05 bits per heavy atom. The summed E-state index contributed by atoms with van der Waals surface area (Å²) in [6.07, 6.45) is 3.84. The van der Waals surface area contributed by atoms with Gasteiger partial charge >= 0.3 is 5.97 Å². The molecule has 0 amide bonds. The van der Waals surface area contributed by atoms with Gasteiger partial charge < -0.3 is 15.0 Å². The fourth-order valence-corrected chi connectivity index (χ4v) is 2.60. The van der Waals surface area contributed by atoms with Crippen LogP contribution in [0.2, 0.25) is 0 Å². The van der Waals surface area contributed by atoms with E-state index in [1.54, 1.807) is 18.3 Å². The number of rotatable bonds is 6. The maximum Gasteiger partial charge on any atom is 0.341 e. The zero-order valence-electron chi connectivity index (χ0n) is 12.3. The zero-order chi connectivity index (χ0) is 14.4. The van der Waals surface area contributed by atoms with Crippen LogP contribution in [0, 0.1) is 0 Å². The van der Waals surface area contributed by atoms with Crippen molar-refractivity contribution in [3.8, 4) is 0 Å². The van der Waals surface area contributed by atoms with Gasteiger partial charge in [-0.25, -0.2) is 9.78 Å². The van der Waals surface area contributed by atoms with E-state index in [9.17, 15) is 4.79 Å². The molecule has 0 radical (unpaired) electrons. The second-order valence-electron chi connectivity index (χ2n) is 4.94. The van der Waals surface area contributed by atoms with Crippen LogP contribution in [0.5, 0.6) is 0 Å². The van der Waals surface area contributed by atoms with Crippen LogP contribution in [0.3, 0.4) is 0 Å². The molecule has 1 atom stereocenters. The third kappa shape index (κ3) is 3.28. The molecule has 110 valence electrons. The quantitative estimate of drug-likeness (QED) is 0.804. The highest BCUT2D eigenvalue weighted by molar-refractivity contribution is 5.94. The van der Waals surface area contributed by atoms with Gasteiger partial charge in [-0.3, -0.25) is 0 Å². The van der Waals surface area contributed by atoms with Gasteiger partial charge in [-0.1, -0.05) is 6.92 Å². The van der Waals surface area contributed by atoms with Crippen LogP contribution in [0.4, 0.5) is 5.82 Å². The van der Waals surface area contributed by atoms with E-state index in [1.165, 1.54) is 0 Å². The van der Waals surface area contributed by atoms with Gasteiger partial charge in [0.05, 0.1) is 6.61 Å². The zero-order valence-corrected chi connectivity index (χ0v) is 12.3. The van der Waals surface area contributed by atoms with Gasteiger partial charge in [-0.2, -0.15) is 0 Å². The van der Waals surface area contributed by atoms with Gasteiger partial charge in [0.2, 0.25) is 0 Å². The Labute approximate surface area is 120 Å². The molecule has 1 N–H and O–H groups in total. The normalized spacial score (nSPS) is 18.0. The van der Waals surface area contributed by atoms with Crippen molar-refractivity contribution in [2.75, 3.05) is 31.1 Å². The number of hydrogen-bond donors (Lipinski definition) is 1. The summed E-state index contributed by atoms with van der Waals surface area (Å²) in [6.45, 7) is 7.20. The standard InChI is InChI=1S/C15H23N3O2/c1-3-10-18(12-7-9-16-11-12)14-13(6-5-8-17-14)15(19)20-4-2/h5-6,8,12,16H,3-4,7,9-11H2,1-2H3. The van der Waals surface area contributed by atoms with Crippen molar-refractivity contribution in [3.63, 3.8) is 0 Å². The van der Waals surface area contributed by atoms with Crippen LogP contribution in [0.1, 0.15) is 37.0 Å². The van der Waals surface area contributed by atoms with Crippen LogP contribution in [-0.2, 0) is 4.74 Å². The predicted octanol–water partition coefficient (Wildman–Crippen LogP) is 1.84. The fourth-order valence-electron chi connectivity index (χ4n) is 2.60. The first-order chi connectivity index (χ1) is 9.77. The highest BCUT2D eigenvalue weighted by atomic mass is 16.5. The number of ether oxygens (including phenoxy) is 1. The summed E-state index contributed by atoms with van der Waals surface area (Å²) >= 11 is 0. The average molecular weight is 277 g/mol. The number of nitrogens with zero attached hydrogens (tertiary/aromatic N) is 2. The van der Waals surface area contributed by atoms with E-state index in [0.29, 0.717) is 18.2 Å². The van der Waals surface area contributed by atoms with E-state index in [0.717, 1.165) is 38.3 Å². The second-order valence-corrected chi connectivity index (χ2v) is 4.94. The van der Waals surface area contributed by atoms with Gasteiger partial charge in [-0.05, 0) is 38.4 Å². The van der Waals surface area contributed by atoms with Gasteiger partial charge in [0.1, 0.15) is 11.4 Å². The lowest BCUT2D eigenvalue weighted by molar-refractivity contribution is 0.0526. The molecule has 1 unspecified atom stereocenters. The molecule has 5 nitrogen and oxygen atoms in total. The maximum absolute atomic E-state index is 12.1. The van der Waals surface area contributed by atoms with E-state index in [4.69, 9.17) is 4.74 Å². The van der Waals surface area contributed by atoms with Crippen molar-refractivity contribution in [3.05, 3.63) is 23.9 Å². The second kappa shape index (κ2) is 7.24. The van der Waals surface area contributed by atoms with Crippen molar-refractivity contribution in [2.24, 2.45) is 0 Å². The summed E-state index contributed by atoms with van der Waals surface area (Å²) in [5, 5.41) is 3.37. The van der Waals surface area contributed by atoms with Crippen LogP contribution in [0.15, 0.2) is 18.3 Å². The van der Waals surface area contributed by atoms with Crippen molar-refractivity contribution in [1.29, 1.82) is 0 Å². The number of esters is 1. The molecular formula is C15H23N3O2. The maximum atomic E-state index is 12.1. The fraction of sp³-hybridized carbons (Fsp3) is 0.600. The molecule has 1 fully saturated rings. The SMILES string of the molecule is CCCN(c1ncccc1C(=O)OCC)C1CCNC1. The van der Waals surface area contributed by atoms with Crippen molar-refractivity contribution >= 4 is 11.8 Å². The first-order valence-electron chi connectivity index (χ1n) is 7.37. The van der Waals surface area contributed by atoms with Crippen molar-refractivity contribution in [1.82, 2.24) is 10.3 Å². The summed E-state index contributed by atoms with van der Waals surface area (Å²) in [5.74, 6) is 0.462. The van der Waals surface area contributed by atoms with Crippen LogP contribution in [0.25, 0.3) is 0 Å². The third-order valence-electron chi connectivity index (χ3n) is 3.49. The molecule has 1 aromatic heterocycles. The summed E-state index contributed by atoms with van der Waals surface area (Å²) in [5.41, 5.74) is 0.565. The lowest BCUT2D eigenvalue weighted by Gasteiger charge is -2.30. The number of pyridine rings is 1. The predicted molar refractivity (Wildman–Crippen MR) is 79.1 cm³/mol. The molecule has 0 bridgehead atoms. The molecule has 1 aromatic rings. The Kier molecular flexibility index (Phi) is 5.35. The molecule has 2 heterocycles. The molecule has 20 heavy (non-hydrogen) atoms. The molecule has 1 aliphatic rings. The van der Waals surface area contributed by atoms with Crippen LogP contribution in [-0.4, -0.2) is 43.2 Å². The first-order valence-corrected chi connectivity index (χ1v) is 7.37. The van der Waals surface area contributed by atoms with E-state index >= 15 is 0 Å². The number of carbonyl (C=O) groups is 1. The largest absolute Gasteiger partial charge is 0.462 e. The molecule has 2 rings (SSSR count). The Hall–Kier alpha value is -1.62. The summed E-state index contributed by atoms with van der Waals surface area (Å²) < 4.78 is 5.14. The highest BCUT2D eigenvalue weighted by Crippen LogP contribution is 2.23. The van der Waals surface area contributed by atoms with Crippen molar-refractivity contribution in [2.45, 2.75) is 32.7 Å². The Morgan fingerprint density at radius 1 is 1.55 bits per heavy atom. The van der Waals surface area contributed by atoms with Gasteiger partial charge in [0.25, 0.3) is 0 Å². The molecule has 1 saturated heterocycles. The number of carbonyl (C=O) groups excluding carboxylic acids is 1. The highest BCUT2D eigenvalue weighted by Gasteiger charge is 2.26. The Morgan fingerprint density at radius 2 is 2.40 bits per heavy atom. The molecule has 0 saturated carbocycles. The van der Waals surface area contributed by atoms with Gasteiger partial charge in [-0.15, -0.1) is 0 Å². The smallest absolute Gasteiger partial charge is 0.341 e. The minimum absolute atomic E-state index is 0.289. The number of nitrogens with one attached hydrogen (secondary N) is 1. The van der Waals surface area contributed by atoms with Crippen LogP contribution >= 0.6 is 0 Å². The van der Waals surface area contributed by atoms with E-state index in [-0.39, 0.29) is 5.97 Å². The van der Waals surface area contributed by atoms with E-state index in [2.05, 4.69) is 22.1 Å². The molecule has 5 heteroatoms. The van der Waals surface area contributed by atoms with Gasteiger partial charge in [0.15, 0.2) is 0 Å². The number of anilines is 1. The summed E-state index contributed by atoms with van der Waals surface area (Å²) in [4.78, 5) is 18.8. The molecule has 1 aliphatic heterocycles. The first kappa shape index (κ1) is 14.8. The minimum atomic E-state index is -0.289. The Balaban J connectivity index is 2.29. The van der Waals surface area contributed by atoms with Crippen molar-refractivity contribution < 1.29 is 9.53 Å². The molecule has 0 aromatic carbocycles. The molecular weight excluding hydrogens is 254 g/mol. The topological polar surface area (TPSA) is 54.5 Å². The third-order valence-corrected chi connectivity index (χ3v) is 3.49. The van der Waals surface area contributed by atoms with E-state index < -0.39 is 0 Å².